The van der Waals surface area contributed by atoms with E-state index in [1.807, 2.05) is 12.1 Å². The van der Waals surface area contributed by atoms with Crippen LogP contribution in [0.4, 0.5) is 0 Å². The molecule has 0 heterocycles. The third kappa shape index (κ3) is 5.60. The first kappa shape index (κ1) is 15.6. The minimum Gasteiger partial charge on any atom is -0.497 e. The number of hydrogen-bond donors (Lipinski definition) is 1. The highest BCUT2D eigenvalue weighted by Gasteiger charge is 2.03. The Morgan fingerprint density at radius 3 is 2.33 bits per heavy atom. The summed E-state index contributed by atoms with van der Waals surface area (Å²) in [5, 5.41) is 3.60. The van der Waals surface area contributed by atoms with Gasteiger partial charge in [-0.05, 0) is 56.0 Å². The largest absolute Gasteiger partial charge is 0.497 e. The van der Waals surface area contributed by atoms with Crippen molar-refractivity contribution < 1.29 is 4.74 Å². The zero-order chi connectivity index (χ0) is 14.9. The van der Waals surface area contributed by atoms with Gasteiger partial charge < -0.3 is 10.1 Å². The van der Waals surface area contributed by atoms with Gasteiger partial charge in [0.2, 0.25) is 0 Å². The summed E-state index contributed by atoms with van der Waals surface area (Å²) in [6.45, 7) is 3.30. The van der Waals surface area contributed by atoms with E-state index in [0.29, 0.717) is 6.04 Å². The molecule has 0 radical (unpaired) electrons. The Labute approximate surface area is 128 Å². The maximum absolute atomic E-state index is 5.18. The molecule has 2 aromatic rings. The first-order valence-electron chi connectivity index (χ1n) is 7.68. The average Bonchev–Trinajstić information content (AvgIpc) is 2.53. The van der Waals surface area contributed by atoms with Crippen LogP contribution in [0.1, 0.15) is 24.5 Å². The highest BCUT2D eigenvalue weighted by atomic mass is 16.5. The number of methoxy groups -OCH3 is 1. The molecule has 2 rings (SSSR count). The Hall–Kier alpha value is -1.80. The lowest BCUT2D eigenvalue weighted by molar-refractivity contribution is 0.414. The predicted molar refractivity (Wildman–Crippen MR) is 88.9 cm³/mol. The van der Waals surface area contributed by atoms with Gasteiger partial charge in [0.05, 0.1) is 7.11 Å². The van der Waals surface area contributed by atoms with Crippen LogP contribution in [0, 0.1) is 0 Å². The topological polar surface area (TPSA) is 21.3 Å². The van der Waals surface area contributed by atoms with E-state index in [1.54, 1.807) is 7.11 Å². The van der Waals surface area contributed by atoms with Gasteiger partial charge in [0, 0.05) is 6.04 Å². The molecule has 0 aliphatic rings. The van der Waals surface area contributed by atoms with Crippen LogP contribution in [0.3, 0.4) is 0 Å². The molecule has 0 saturated carbocycles. The molecule has 0 bridgehead atoms. The first-order chi connectivity index (χ1) is 10.3. The fraction of sp³-hybridized carbons (Fsp3) is 0.368. The van der Waals surface area contributed by atoms with Crippen molar-refractivity contribution in [3.63, 3.8) is 0 Å². The third-order valence-corrected chi connectivity index (χ3v) is 3.68. The third-order valence-electron chi connectivity index (χ3n) is 3.68. The van der Waals surface area contributed by atoms with Gasteiger partial charge in [-0.15, -0.1) is 0 Å². The molecule has 0 aliphatic carbocycles. The normalized spacial score (nSPS) is 12.1. The lowest BCUT2D eigenvalue weighted by atomic mass is 10.1. The molecular formula is C19H25NO. The maximum Gasteiger partial charge on any atom is 0.118 e. The Balaban J connectivity index is 1.66. The lowest BCUT2D eigenvalue weighted by Gasteiger charge is -2.14. The summed E-state index contributed by atoms with van der Waals surface area (Å²) in [4.78, 5) is 0. The fourth-order valence-electron chi connectivity index (χ4n) is 2.47. The Bertz CT molecular complexity index is 507. The van der Waals surface area contributed by atoms with Gasteiger partial charge in [-0.2, -0.15) is 0 Å². The molecule has 21 heavy (non-hydrogen) atoms. The van der Waals surface area contributed by atoms with Crippen LogP contribution in [-0.2, 0) is 12.8 Å². The summed E-state index contributed by atoms with van der Waals surface area (Å²) in [5.41, 5.74) is 2.76. The quantitative estimate of drug-likeness (QED) is 0.743. The van der Waals surface area contributed by atoms with Crippen molar-refractivity contribution in [2.75, 3.05) is 13.7 Å². The molecule has 0 aliphatic heterocycles. The second kappa shape index (κ2) is 8.48. The van der Waals surface area contributed by atoms with Crippen molar-refractivity contribution in [2.45, 2.75) is 32.2 Å². The summed E-state index contributed by atoms with van der Waals surface area (Å²) in [5.74, 6) is 0.919. The predicted octanol–water partition coefficient (Wildman–Crippen LogP) is 3.85. The molecule has 2 heteroatoms. The van der Waals surface area contributed by atoms with Crippen molar-refractivity contribution >= 4 is 0 Å². The van der Waals surface area contributed by atoms with Crippen LogP contribution in [-0.4, -0.2) is 19.7 Å². The molecule has 0 spiro atoms. The van der Waals surface area contributed by atoms with Gasteiger partial charge in [0.25, 0.3) is 0 Å². The Morgan fingerprint density at radius 2 is 1.67 bits per heavy atom. The first-order valence-corrected chi connectivity index (χ1v) is 7.68. The van der Waals surface area contributed by atoms with Crippen LogP contribution >= 0.6 is 0 Å². The van der Waals surface area contributed by atoms with Gasteiger partial charge in [-0.1, -0.05) is 42.5 Å². The number of ether oxygens (including phenoxy) is 1. The molecule has 0 aromatic heterocycles. The van der Waals surface area contributed by atoms with Crippen LogP contribution in [0.25, 0.3) is 0 Å². The van der Waals surface area contributed by atoms with Gasteiger partial charge in [0.1, 0.15) is 5.75 Å². The molecule has 0 amide bonds. The van der Waals surface area contributed by atoms with E-state index in [2.05, 4.69) is 54.7 Å². The Morgan fingerprint density at radius 1 is 0.952 bits per heavy atom. The van der Waals surface area contributed by atoms with Gasteiger partial charge in [0.15, 0.2) is 0 Å². The van der Waals surface area contributed by atoms with Crippen LogP contribution in [0.2, 0.25) is 0 Å². The summed E-state index contributed by atoms with van der Waals surface area (Å²) in [6.07, 6.45) is 3.37. The molecule has 2 nitrogen and oxygen atoms in total. The standard InChI is InChI=1S/C19H25NO/c1-16(15-18-10-12-19(21-2)13-11-18)20-14-6-9-17-7-4-3-5-8-17/h3-5,7-8,10-13,16,20H,6,9,14-15H2,1-2H3/t16-/m1/s1. The van der Waals surface area contributed by atoms with Crippen molar-refractivity contribution in [1.82, 2.24) is 5.32 Å². The van der Waals surface area contributed by atoms with Crippen LogP contribution < -0.4 is 10.1 Å². The fourth-order valence-corrected chi connectivity index (χ4v) is 2.47. The van der Waals surface area contributed by atoms with E-state index < -0.39 is 0 Å². The summed E-state index contributed by atoms with van der Waals surface area (Å²) in [6, 6.07) is 19.5. The summed E-state index contributed by atoms with van der Waals surface area (Å²) >= 11 is 0. The number of rotatable bonds is 8. The van der Waals surface area contributed by atoms with E-state index in [4.69, 9.17) is 4.74 Å². The Kier molecular flexibility index (Phi) is 6.29. The molecule has 1 N–H and O–H groups in total. The highest BCUT2D eigenvalue weighted by Crippen LogP contribution is 2.12. The highest BCUT2D eigenvalue weighted by molar-refractivity contribution is 5.27. The molecule has 2 aromatic carbocycles. The minimum absolute atomic E-state index is 0.495. The molecule has 112 valence electrons. The molecular weight excluding hydrogens is 258 g/mol. The van der Waals surface area contributed by atoms with Crippen molar-refractivity contribution in [1.29, 1.82) is 0 Å². The number of hydrogen-bond acceptors (Lipinski definition) is 2. The molecule has 0 fully saturated rings. The van der Waals surface area contributed by atoms with E-state index in [-0.39, 0.29) is 0 Å². The molecule has 0 saturated heterocycles. The zero-order valence-corrected chi connectivity index (χ0v) is 13.0. The maximum atomic E-state index is 5.18. The van der Waals surface area contributed by atoms with Gasteiger partial charge in [-0.25, -0.2) is 0 Å². The van der Waals surface area contributed by atoms with E-state index in [1.165, 1.54) is 17.5 Å². The zero-order valence-electron chi connectivity index (χ0n) is 13.0. The van der Waals surface area contributed by atoms with Gasteiger partial charge >= 0.3 is 0 Å². The number of benzene rings is 2. The number of aryl methyl sites for hydroxylation is 1. The smallest absolute Gasteiger partial charge is 0.118 e. The van der Waals surface area contributed by atoms with E-state index in [0.717, 1.165) is 25.1 Å². The lowest BCUT2D eigenvalue weighted by Crippen LogP contribution is -2.29. The van der Waals surface area contributed by atoms with Gasteiger partial charge in [-0.3, -0.25) is 0 Å². The van der Waals surface area contributed by atoms with Crippen LogP contribution in [0.15, 0.2) is 54.6 Å². The van der Waals surface area contributed by atoms with Crippen molar-refractivity contribution in [2.24, 2.45) is 0 Å². The molecule has 1 atom stereocenters. The van der Waals surface area contributed by atoms with E-state index in [9.17, 15) is 0 Å². The number of nitrogens with one attached hydrogen (secondary N) is 1. The summed E-state index contributed by atoms with van der Waals surface area (Å²) in [7, 11) is 1.70. The van der Waals surface area contributed by atoms with E-state index >= 15 is 0 Å². The monoisotopic (exact) mass is 283 g/mol. The minimum atomic E-state index is 0.495. The molecule has 0 unspecified atom stereocenters. The van der Waals surface area contributed by atoms with Crippen LogP contribution in [0.5, 0.6) is 5.75 Å². The van der Waals surface area contributed by atoms with Crippen molar-refractivity contribution in [3.05, 3.63) is 65.7 Å². The van der Waals surface area contributed by atoms with Crippen molar-refractivity contribution in [3.8, 4) is 5.75 Å². The average molecular weight is 283 g/mol. The second-order valence-electron chi connectivity index (χ2n) is 5.50. The SMILES string of the molecule is COc1ccc(C[C@@H](C)NCCCc2ccccc2)cc1. The second-order valence-corrected chi connectivity index (χ2v) is 5.50. The summed E-state index contributed by atoms with van der Waals surface area (Å²) < 4.78 is 5.18.